The standard InChI is InChI=1S/C12H16N4O2/c1-8(2)16-5-4-10(14-16)7-15-6-9(3)11(17)13-12(15)18/h4-6,8H,7H2,1-3H3,(H,13,17,18). The van der Waals surface area contributed by atoms with Crippen LogP contribution in [-0.4, -0.2) is 19.3 Å². The molecule has 0 aliphatic carbocycles. The Labute approximate surface area is 104 Å². The third-order valence-electron chi connectivity index (χ3n) is 2.71. The Bertz CT molecular complexity index is 663. The molecule has 96 valence electrons. The van der Waals surface area contributed by atoms with Crippen molar-refractivity contribution in [3.8, 4) is 0 Å². The van der Waals surface area contributed by atoms with Gasteiger partial charge in [0.2, 0.25) is 0 Å². The molecular formula is C12H16N4O2. The summed E-state index contributed by atoms with van der Waals surface area (Å²) in [6, 6.07) is 2.15. The minimum Gasteiger partial charge on any atom is -0.294 e. The van der Waals surface area contributed by atoms with Crippen LogP contribution in [0.3, 0.4) is 0 Å². The van der Waals surface area contributed by atoms with E-state index in [4.69, 9.17) is 0 Å². The van der Waals surface area contributed by atoms with E-state index in [1.165, 1.54) is 4.57 Å². The Balaban J connectivity index is 2.31. The molecule has 0 aliphatic heterocycles. The molecule has 2 aromatic rings. The summed E-state index contributed by atoms with van der Waals surface area (Å²) >= 11 is 0. The van der Waals surface area contributed by atoms with E-state index in [0.717, 1.165) is 5.69 Å². The summed E-state index contributed by atoms with van der Waals surface area (Å²) in [4.78, 5) is 25.1. The second-order valence-corrected chi connectivity index (χ2v) is 4.58. The maximum Gasteiger partial charge on any atom is 0.328 e. The molecule has 2 rings (SSSR count). The Kier molecular flexibility index (Phi) is 3.18. The van der Waals surface area contributed by atoms with Crippen LogP contribution in [0.25, 0.3) is 0 Å². The first-order chi connectivity index (χ1) is 8.47. The molecule has 0 aromatic carbocycles. The van der Waals surface area contributed by atoms with Gasteiger partial charge in [0, 0.05) is 24.0 Å². The van der Waals surface area contributed by atoms with Gasteiger partial charge in [-0.1, -0.05) is 0 Å². The zero-order chi connectivity index (χ0) is 13.3. The lowest BCUT2D eigenvalue weighted by atomic mass is 10.3. The van der Waals surface area contributed by atoms with E-state index in [1.54, 1.807) is 13.1 Å². The highest BCUT2D eigenvalue weighted by molar-refractivity contribution is 5.05. The quantitative estimate of drug-likeness (QED) is 0.867. The predicted molar refractivity (Wildman–Crippen MR) is 67.8 cm³/mol. The zero-order valence-electron chi connectivity index (χ0n) is 10.7. The molecule has 0 saturated carbocycles. The van der Waals surface area contributed by atoms with Crippen molar-refractivity contribution < 1.29 is 0 Å². The molecule has 2 aromatic heterocycles. The van der Waals surface area contributed by atoms with Gasteiger partial charge in [0.1, 0.15) is 0 Å². The first kappa shape index (κ1) is 12.3. The van der Waals surface area contributed by atoms with Crippen LogP contribution in [0.5, 0.6) is 0 Å². The first-order valence-electron chi connectivity index (χ1n) is 5.82. The van der Waals surface area contributed by atoms with Crippen molar-refractivity contribution in [2.24, 2.45) is 0 Å². The molecule has 0 amide bonds. The van der Waals surface area contributed by atoms with Crippen LogP contribution in [-0.2, 0) is 6.54 Å². The predicted octanol–water partition coefficient (Wildman–Crippen LogP) is 0.671. The third-order valence-corrected chi connectivity index (χ3v) is 2.71. The van der Waals surface area contributed by atoms with Crippen LogP contribution in [0.15, 0.2) is 28.0 Å². The molecule has 0 unspecified atom stereocenters. The molecule has 2 heterocycles. The number of hydrogen-bond donors (Lipinski definition) is 1. The van der Waals surface area contributed by atoms with E-state index in [1.807, 2.05) is 30.8 Å². The molecule has 0 spiro atoms. The Morgan fingerprint density at radius 2 is 2.11 bits per heavy atom. The molecule has 6 heteroatoms. The number of aromatic nitrogens is 4. The van der Waals surface area contributed by atoms with Gasteiger partial charge < -0.3 is 0 Å². The van der Waals surface area contributed by atoms with E-state index in [9.17, 15) is 9.59 Å². The fourth-order valence-corrected chi connectivity index (χ4v) is 1.66. The van der Waals surface area contributed by atoms with E-state index >= 15 is 0 Å². The lowest BCUT2D eigenvalue weighted by Crippen LogP contribution is -2.31. The number of aryl methyl sites for hydroxylation is 1. The van der Waals surface area contributed by atoms with Gasteiger partial charge in [0.25, 0.3) is 5.56 Å². The van der Waals surface area contributed by atoms with Gasteiger partial charge in [-0.25, -0.2) is 4.79 Å². The van der Waals surface area contributed by atoms with Crippen LogP contribution in [0, 0.1) is 6.92 Å². The summed E-state index contributed by atoms with van der Waals surface area (Å²) in [5.74, 6) is 0. The maximum absolute atomic E-state index is 11.6. The van der Waals surface area contributed by atoms with E-state index < -0.39 is 5.69 Å². The van der Waals surface area contributed by atoms with E-state index in [-0.39, 0.29) is 11.6 Å². The highest BCUT2D eigenvalue weighted by atomic mass is 16.2. The minimum atomic E-state index is -0.412. The number of nitrogens with zero attached hydrogens (tertiary/aromatic N) is 3. The van der Waals surface area contributed by atoms with Crippen LogP contribution in [0.4, 0.5) is 0 Å². The monoisotopic (exact) mass is 248 g/mol. The molecular weight excluding hydrogens is 232 g/mol. The summed E-state index contributed by atoms with van der Waals surface area (Å²) in [6.07, 6.45) is 3.43. The Hall–Kier alpha value is -2.11. The number of nitrogens with one attached hydrogen (secondary N) is 1. The van der Waals surface area contributed by atoms with Crippen LogP contribution in [0.1, 0.15) is 31.1 Å². The summed E-state index contributed by atoms with van der Waals surface area (Å²) < 4.78 is 3.28. The summed E-state index contributed by atoms with van der Waals surface area (Å²) in [6.45, 7) is 6.10. The molecule has 0 bridgehead atoms. The second kappa shape index (κ2) is 4.64. The van der Waals surface area contributed by atoms with Crippen molar-refractivity contribution >= 4 is 0 Å². The third kappa shape index (κ3) is 2.42. The van der Waals surface area contributed by atoms with Crippen LogP contribution in [0.2, 0.25) is 0 Å². The average molecular weight is 248 g/mol. The van der Waals surface area contributed by atoms with Gasteiger partial charge in [-0.05, 0) is 26.8 Å². The zero-order valence-corrected chi connectivity index (χ0v) is 10.7. The number of rotatable bonds is 3. The lowest BCUT2D eigenvalue weighted by Gasteiger charge is -2.05. The van der Waals surface area contributed by atoms with Gasteiger partial charge in [-0.15, -0.1) is 0 Å². The topological polar surface area (TPSA) is 72.7 Å². The molecule has 0 saturated heterocycles. The van der Waals surface area contributed by atoms with Crippen molar-refractivity contribution in [3.63, 3.8) is 0 Å². The van der Waals surface area contributed by atoms with Crippen molar-refractivity contribution in [1.29, 1.82) is 0 Å². The highest BCUT2D eigenvalue weighted by Crippen LogP contribution is 2.04. The molecule has 0 fully saturated rings. The van der Waals surface area contributed by atoms with Gasteiger partial charge in [-0.2, -0.15) is 5.10 Å². The molecule has 18 heavy (non-hydrogen) atoms. The summed E-state index contributed by atoms with van der Waals surface area (Å²) in [5.41, 5.74) is 0.545. The fourth-order valence-electron chi connectivity index (χ4n) is 1.66. The van der Waals surface area contributed by atoms with Crippen molar-refractivity contribution in [1.82, 2.24) is 19.3 Å². The van der Waals surface area contributed by atoms with Gasteiger partial charge >= 0.3 is 5.69 Å². The van der Waals surface area contributed by atoms with Crippen molar-refractivity contribution in [2.45, 2.75) is 33.4 Å². The summed E-state index contributed by atoms with van der Waals surface area (Å²) in [7, 11) is 0. The number of aromatic amines is 1. The van der Waals surface area contributed by atoms with Gasteiger partial charge in [0.15, 0.2) is 0 Å². The normalized spacial score (nSPS) is 11.1. The number of hydrogen-bond acceptors (Lipinski definition) is 3. The fraction of sp³-hybridized carbons (Fsp3) is 0.417. The van der Waals surface area contributed by atoms with Crippen molar-refractivity contribution in [2.75, 3.05) is 0 Å². The average Bonchev–Trinajstić information content (AvgIpc) is 2.74. The highest BCUT2D eigenvalue weighted by Gasteiger charge is 2.05. The molecule has 0 aliphatic rings. The Morgan fingerprint density at radius 3 is 2.72 bits per heavy atom. The molecule has 6 nitrogen and oxygen atoms in total. The van der Waals surface area contributed by atoms with Gasteiger partial charge in [0.05, 0.1) is 12.2 Å². The summed E-state index contributed by atoms with van der Waals surface area (Å²) in [5, 5.41) is 4.36. The SMILES string of the molecule is Cc1cn(Cc2ccn(C(C)C)n2)c(=O)[nH]c1=O. The smallest absolute Gasteiger partial charge is 0.294 e. The second-order valence-electron chi connectivity index (χ2n) is 4.58. The largest absolute Gasteiger partial charge is 0.328 e. The van der Waals surface area contributed by atoms with Gasteiger partial charge in [-0.3, -0.25) is 19.0 Å². The molecule has 0 atom stereocenters. The Morgan fingerprint density at radius 1 is 1.39 bits per heavy atom. The maximum atomic E-state index is 11.6. The van der Waals surface area contributed by atoms with E-state index in [0.29, 0.717) is 12.1 Å². The van der Waals surface area contributed by atoms with Crippen LogP contribution < -0.4 is 11.2 Å². The van der Waals surface area contributed by atoms with Crippen molar-refractivity contribution in [3.05, 3.63) is 50.6 Å². The molecule has 1 N–H and O–H groups in total. The molecule has 0 radical (unpaired) electrons. The van der Waals surface area contributed by atoms with Crippen LogP contribution >= 0.6 is 0 Å². The lowest BCUT2D eigenvalue weighted by molar-refractivity contribution is 0.522. The number of H-pyrrole nitrogens is 1. The van der Waals surface area contributed by atoms with E-state index in [2.05, 4.69) is 10.1 Å². The minimum absolute atomic E-state index is 0.285. The first-order valence-corrected chi connectivity index (χ1v) is 5.82.